The molecular formula is C11H15BrFN3O2S2. The fourth-order valence-electron chi connectivity index (χ4n) is 1.83. The first-order valence-electron chi connectivity index (χ1n) is 5.54. The van der Waals surface area contributed by atoms with Crippen LogP contribution >= 0.6 is 28.1 Å². The molecule has 0 radical (unpaired) electrons. The van der Waals surface area contributed by atoms with Crippen molar-refractivity contribution in [2.75, 3.05) is 12.8 Å². The number of thiocarbonyl (C=S) groups is 1. The fraction of sp³-hybridized carbons (Fsp3) is 0.364. The second-order valence-corrected chi connectivity index (χ2v) is 7.69. The number of nitrogens with one attached hydrogen (secondary N) is 2. The molecule has 0 unspecified atom stereocenters. The van der Waals surface area contributed by atoms with E-state index in [2.05, 4.69) is 26.0 Å². The third-order valence-corrected chi connectivity index (χ3v) is 4.89. The zero-order valence-corrected chi connectivity index (χ0v) is 14.1. The first kappa shape index (κ1) is 17.3. The molecule has 1 aromatic carbocycles. The van der Waals surface area contributed by atoms with E-state index in [1.54, 1.807) is 0 Å². The van der Waals surface area contributed by atoms with Gasteiger partial charge in [0.05, 0.1) is 11.3 Å². The zero-order valence-electron chi connectivity index (χ0n) is 10.9. The largest absolute Gasteiger partial charge is 0.376 e. The molecule has 1 atom stereocenters. The van der Waals surface area contributed by atoms with Crippen LogP contribution in [0.5, 0.6) is 0 Å². The molecule has 5 nitrogen and oxygen atoms in total. The van der Waals surface area contributed by atoms with E-state index < -0.39 is 27.1 Å². The third-order valence-electron chi connectivity index (χ3n) is 2.71. The van der Waals surface area contributed by atoms with Crippen LogP contribution < -0.4 is 15.8 Å². The van der Waals surface area contributed by atoms with Crippen molar-refractivity contribution in [3.8, 4) is 0 Å². The van der Waals surface area contributed by atoms with Crippen LogP contribution in [0, 0.1) is 5.82 Å². The van der Waals surface area contributed by atoms with Crippen LogP contribution in [0.1, 0.15) is 12.5 Å². The number of benzene rings is 1. The van der Waals surface area contributed by atoms with E-state index >= 15 is 0 Å². The van der Waals surface area contributed by atoms with Gasteiger partial charge in [0.1, 0.15) is 5.82 Å². The lowest BCUT2D eigenvalue weighted by Gasteiger charge is -2.31. The third kappa shape index (κ3) is 4.37. The molecule has 9 heteroatoms. The zero-order chi connectivity index (χ0) is 15.6. The number of nitrogens with two attached hydrogens (primary N) is 1. The van der Waals surface area contributed by atoms with Crippen LogP contribution in [0.25, 0.3) is 0 Å². The van der Waals surface area contributed by atoms with E-state index in [1.807, 2.05) is 0 Å². The Morgan fingerprint density at radius 3 is 2.65 bits per heavy atom. The summed E-state index contributed by atoms with van der Waals surface area (Å²) in [6, 6.07) is 4.25. The van der Waals surface area contributed by atoms with Gasteiger partial charge in [0.25, 0.3) is 0 Å². The Labute approximate surface area is 131 Å². The highest BCUT2D eigenvalue weighted by molar-refractivity contribution is 9.10. The Balaban J connectivity index is 3.37. The van der Waals surface area contributed by atoms with Crippen molar-refractivity contribution >= 4 is 43.3 Å². The first-order valence-corrected chi connectivity index (χ1v) is 8.39. The van der Waals surface area contributed by atoms with Crippen LogP contribution in [-0.2, 0) is 15.6 Å². The summed E-state index contributed by atoms with van der Waals surface area (Å²) < 4.78 is 40.4. The summed E-state index contributed by atoms with van der Waals surface area (Å²) in [6.07, 6.45) is 0. The van der Waals surface area contributed by atoms with Gasteiger partial charge in [-0.2, -0.15) is 0 Å². The number of sulfonamides is 1. The van der Waals surface area contributed by atoms with Crippen LogP contribution in [0.2, 0.25) is 0 Å². The molecule has 4 N–H and O–H groups in total. The van der Waals surface area contributed by atoms with Crippen LogP contribution in [0.15, 0.2) is 22.7 Å². The number of hydrogen-bond acceptors (Lipinski definition) is 3. The van der Waals surface area contributed by atoms with Crippen LogP contribution in [-0.4, -0.2) is 26.3 Å². The summed E-state index contributed by atoms with van der Waals surface area (Å²) in [5.41, 5.74) is 4.30. The topological polar surface area (TPSA) is 84.2 Å². The van der Waals surface area contributed by atoms with Crippen molar-refractivity contribution in [1.82, 2.24) is 10.0 Å². The summed E-state index contributed by atoms with van der Waals surface area (Å²) in [5, 5.41) is 2.55. The number of hydrogen-bond donors (Lipinski definition) is 3. The van der Waals surface area contributed by atoms with Gasteiger partial charge < -0.3 is 11.1 Å². The summed E-state index contributed by atoms with van der Waals surface area (Å²) in [4.78, 5) is 0. The predicted octanol–water partition coefficient (Wildman–Crippen LogP) is 1.19. The second kappa shape index (κ2) is 6.33. The minimum atomic E-state index is -3.61. The lowest BCUT2D eigenvalue weighted by atomic mass is 9.93. The van der Waals surface area contributed by atoms with Gasteiger partial charge in [-0.15, -0.1) is 0 Å². The van der Waals surface area contributed by atoms with E-state index in [-0.39, 0.29) is 10.7 Å². The van der Waals surface area contributed by atoms with Crippen molar-refractivity contribution in [1.29, 1.82) is 0 Å². The van der Waals surface area contributed by atoms with Crippen molar-refractivity contribution in [3.63, 3.8) is 0 Å². The van der Waals surface area contributed by atoms with Crippen molar-refractivity contribution in [3.05, 3.63) is 34.1 Å². The van der Waals surface area contributed by atoms with E-state index in [4.69, 9.17) is 18.0 Å². The summed E-state index contributed by atoms with van der Waals surface area (Å²) in [6.45, 7) is 1.52. The second-order valence-electron chi connectivity index (χ2n) is 4.41. The van der Waals surface area contributed by atoms with E-state index in [1.165, 1.54) is 32.2 Å². The summed E-state index contributed by atoms with van der Waals surface area (Å²) in [7, 11) is -2.32. The minimum absolute atomic E-state index is 0.113. The molecule has 1 aromatic rings. The Kier molecular flexibility index (Phi) is 5.47. The maximum atomic E-state index is 14.0. The Bertz CT molecular complexity index is 624. The molecule has 1 rings (SSSR count). The van der Waals surface area contributed by atoms with Gasteiger partial charge in [-0.05, 0) is 44.4 Å². The maximum Gasteiger partial charge on any atom is 0.213 e. The standard InChI is InChI=1S/C11H15BrFN3O2S2/c1-11(16-10(14)19,6-20(17,18)15-2)8-5-7(12)3-4-9(8)13/h3-5,15H,6H2,1-2H3,(H3,14,16,19)/t11-/m0/s1. The Morgan fingerprint density at radius 2 is 2.15 bits per heavy atom. The van der Waals surface area contributed by atoms with Crippen molar-refractivity contribution in [2.45, 2.75) is 12.5 Å². The van der Waals surface area contributed by atoms with Crippen LogP contribution in [0.3, 0.4) is 0 Å². The molecule has 0 aliphatic heterocycles. The average Bonchev–Trinajstić information content (AvgIpc) is 2.30. The van der Waals surface area contributed by atoms with E-state index in [9.17, 15) is 12.8 Å². The first-order chi connectivity index (χ1) is 9.09. The molecule has 0 fully saturated rings. The predicted molar refractivity (Wildman–Crippen MR) is 84.2 cm³/mol. The molecule has 0 saturated heterocycles. The molecule has 0 saturated carbocycles. The smallest absolute Gasteiger partial charge is 0.213 e. The highest BCUT2D eigenvalue weighted by Gasteiger charge is 2.35. The summed E-state index contributed by atoms with van der Waals surface area (Å²) >= 11 is 7.99. The van der Waals surface area contributed by atoms with Crippen LogP contribution in [0.4, 0.5) is 4.39 Å². The number of rotatable bonds is 5. The van der Waals surface area contributed by atoms with Gasteiger partial charge in [0.2, 0.25) is 10.0 Å². The van der Waals surface area contributed by atoms with Gasteiger partial charge in [0.15, 0.2) is 5.11 Å². The molecule has 0 bridgehead atoms. The molecule has 20 heavy (non-hydrogen) atoms. The quantitative estimate of drug-likeness (QED) is 0.665. The molecule has 0 heterocycles. The van der Waals surface area contributed by atoms with Gasteiger partial charge in [-0.1, -0.05) is 15.9 Å². The van der Waals surface area contributed by atoms with Crippen molar-refractivity contribution < 1.29 is 12.8 Å². The maximum absolute atomic E-state index is 14.0. The van der Waals surface area contributed by atoms with Gasteiger partial charge in [0, 0.05) is 10.0 Å². The van der Waals surface area contributed by atoms with Gasteiger partial charge >= 0.3 is 0 Å². The molecular weight excluding hydrogens is 369 g/mol. The highest BCUT2D eigenvalue weighted by Crippen LogP contribution is 2.28. The molecule has 0 aromatic heterocycles. The monoisotopic (exact) mass is 383 g/mol. The summed E-state index contributed by atoms with van der Waals surface area (Å²) in [5.74, 6) is -0.966. The molecule has 0 amide bonds. The number of halogens is 2. The fourth-order valence-corrected chi connectivity index (χ4v) is 3.54. The SMILES string of the molecule is CNS(=O)(=O)C[C@](C)(NC(N)=S)c1cc(Br)ccc1F. The Morgan fingerprint density at radius 1 is 1.55 bits per heavy atom. The minimum Gasteiger partial charge on any atom is -0.376 e. The molecule has 0 aliphatic carbocycles. The lowest BCUT2D eigenvalue weighted by molar-refractivity contribution is 0.448. The molecule has 112 valence electrons. The van der Waals surface area contributed by atoms with Gasteiger partial charge in [-0.3, -0.25) is 0 Å². The van der Waals surface area contributed by atoms with Crippen molar-refractivity contribution in [2.24, 2.45) is 5.73 Å². The normalized spacial score (nSPS) is 14.6. The van der Waals surface area contributed by atoms with E-state index in [0.717, 1.165) is 0 Å². The lowest BCUT2D eigenvalue weighted by Crippen LogP contribution is -2.52. The molecule has 0 spiro atoms. The van der Waals surface area contributed by atoms with Gasteiger partial charge in [-0.25, -0.2) is 17.5 Å². The molecule has 0 aliphatic rings. The Hall–Kier alpha value is -0.770. The van der Waals surface area contributed by atoms with E-state index in [0.29, 0.717) is 4.47 Å². The average molecular weight is 384 g/mol. The highest BCUT2D eigenvalue weighted by atomic mass is 79.9.